The first-order valence-electron chi connectivity index (χ1n) is 5.54. The predicted molar refractivity (Wildman–Crippen MR) is 76.8 cm³/mol. The number of phenolic OH excluding ortho intramolecular Hbond substituents is 1. The highest BCUT2D eigenvalue weighted by molar-refractivity contribution is 9.10. The number of aromatic hydroxyl groups is 1. The van der Waals surface area contributed by atoms with Crippen molar-refractivity contribution in [1.82, 2.24) is 0 Å². The smallest absolute Gasteiger partial charge is 0.255 e. The molecule has 4 nitrogen and oxygen atoms in total. The van der Waals surface area contributed by atoms with E-state index in [0.29, 0.717) is 21.5 Å². The first-order valence-corrected chi connectivity index (χ1v) is 6.34. The molecule has 0 spiro atoms. The number of carbonyl (C=O) groups excluding carboxylic acids is 1. The van der Waals surface area contributed by atoms with Crippen LogP contribution >= 0.6 is 15.9 Å². The van der Waals surface area contributed by atoms with Crippen LogP contribution in [0, 0.1) is 0 Å². The summed E-state index contributed by atoms with van der Waals surface area (Å²) < 4.78 is 5.70. The fourth-order valence-electron chi connectivity index (χ4n) is 1.60. The minimum Gasteiger partial charge on any atom is -0.507 e. The standard InChI is InChI=1S/C14H12BrNO3/c1-19-13-5-3-2-4-11(13)16-14(18)9-6-7-10(15)12(17)8-9/h2-8,17H,1H3,(H,16,18). The minimum atomic E-state index is -0.313. The molecule has 0 aliphatic rings. The maximum absolute atomic E-state index is 12.1. The summed E-state index contributed by atoms with van der Waals surface area (Å²) in [6.07, 6.45) is 0. The summed E-state index contributed by atoms with van der Waals surface area (Å²) in [4.78, 5) is 12.1. The summed E-state index contributed by atoms with van der Waals surface area (Å²) in [7, 11) is 1.54. The number of phenols is 1. The lowest BCUT2D eigenvalue weighted by Crippen LogP contribution is -2.12. The zero-order valence-corrected chi connectivity index (χ0v) is 11.8. The van der Waals surface area contributed by atoms with Crippen molar-refractivity contribution >= 4 is 27.5 Å². The van der Waals surface area contributed by atoms with Crippen LogP contribution in [0.5, 0.6) is 11.5 Å². The molecule has 0 saturated carbocycles. The Kier molecular flexibility index (Phi) is 4.06. The van der Waals surface area contributed by atoms with Crippen LogP contribution in [0.2, 0.25) is 0 Å². The molecule has 0 bridgehead atoms. The number of carbonyl (C=O) groups is 1. The van der Waals surface area contributed by atoms with Gasteiger partial charge >= 0.3 is 0 Å². The number of ether oxygens (including phenoxy) is 1. The number of para-hydroxylation sites is 2. The third kappa shape index (κ3) is 3.06. The van der Waals surface area contributed by atoms with E-state index in [-0.39, 0.29) is 11.7 Å². The van der Waals surface area contributed by atoms with Crippen LogP contribution in [-0.2, 0) is 0 Å². The Balaban J connectivity index is 2.23. The Hall–Kier alpha value is -2.01. The molecule has 0 fully saturated rings. The molecule has 19 heavy (non-hydrogen) atoms. The molecule has 2 rings (SSSR count). The van der Waals surface area contributed by atoms with Crippen LogP contribution in [0.1, 0.15) is 10.4 Å². The molecule has 0 radical (unpaired) electrons. The number of nitrogens with one attached hydrogen (secondary N) is 1. The zero-order valence-electron chi connectivity index (χ0n) is 10.2. The molecule has 98 valence electrons. The average Bonchev–Trinajstić information content (AvgIpc) is 2.42. The molecule has 0 heterocycles. The summed E-state index contributed by atoms with van der Waals surface area (Å²) in [5.74, 6) is 0.289. The van der Waals surface area contributed by atoms with Gasteiger partial charge in [0.15, 0.2) is 0 Å². The summed E-state index contributed by atoms with van der Waals surface area (Å²) in [6, 6.07) is 11.8. The van der Waals surface area contributed by atoms with Gasteiger partial charge in [-0.15, -0.1) is 0 Å². The number of halogens is 1. The van der Waals surface area contributed by atoms with Gasteiger partial charge in [0.2, 0.25) is 0 Å². The number of benzene rings is 2. The zero-order chi connectivity index (χ0) is 13.8. The fraction of sp³-hybridized carbons (Fsp3) is 0.0714. The second-order valence-electron chi connectivity index (χ2n) is 3.82. The Morgan fingerprint density at radius 2 is 2.00 bits per heavy atom. The van der Waals surface area contributed by atoms with Crippen molar-refractivity contribution in [2.75, 3.05) is 12.4 Å². The van der Waals surface area contributed by atoms with Gasteiger partial charge in [0.25, 0.3) is 5.91 Å². The van der Waals surface area contributed by atoms with Crippen LogP contribution < -0.4 is 10.1 Å². The molecular weight excluding hydrogens is 310 g/mol. The van der Waals surface area contributed by atoms with Crippen molar-refractivity contribution in [1.29, 1.82) is 0 Å². The molecule has 1 amide bonds. The minimum absolute atomic E-state index is 0.0210. The number of hydrogen-bond acceptors (Lipinski definition) is 3. The third-order valence-corrected chi connectivity index (χ3v) is 3.23. The summed E-state index contributed by atoms with van der Waals surface area (Å²) in [5, 5.41) is 12.3. The fourth-order valence-corrected chi connectivity index (χ4v) is 1.84. The van der Waals surface area contributed by atoms with Crippen molar-refractivity contribution in [2.45, 2.75) is 0 Å². The summed E-state index contributed by atoms with van der Waals surface area (Å²) in [6.45, 7) is 0. The van der Waals surface area contributed by atoms with E-state index >= 15 is 0 Å². The van der Waals surface area contributed by atoms with Gasteiger partial charge in [0.1, 0.15) is 11.5 Å². The Morgan fingerprint density at radius 1 is 1.26 bits per heavy atom. The lowest BCUT2D eigenvalue weighted by Gasteiger charge is -2.10. The second-order valence-corrected chi connectivity index (χ2v) is 4.67. The molecule has 5 heteroatoms. The number of hydrogen-bond donors (Lipinski definition) is 2. The van der Waals surface area contributed by atoms with Gasteiger partial charge in [-0.3, -0.25) is 4.79 Å². The molecule has 0 aliphatic heterocycles. The molecule has 0 aromatic heterocycles. The average molecular weight is 322 g/mol. The Morgan fingerprint density at radius 3 is 2.68 bits per heavy atom. The lowest BCUT2D eigenvalue weighted by molar-refractivity contribution is 0.102. The van der Waals surface area contributed by atoms with E-state index in [1.54, 1.807) is 30.3 Å². The van der Waals surface area contributed by atoms with E-state index < -0.39 is 0 Å². The van der Waals surface area contributed by atoms with Crippen molar-refractivity contribution in [3.05, 3.63) is 52.5 Å². The van der Waals surface area contributed by atoms with E-state index in [0.717, 1.165) is 0 Å². The summed E-state index contributed by atoms with van der Waals surface area (Å²) in [5.41, 5.74) is 0.948. The van der Waals surface area contributed by atoms with Gasteiger partial charge in [0.05, 0.1) is 17.3 Å². The third-order valence-electron chi connectivity index (χ3n) is 2.56. The number of methoxy groups -OCH3 is 1. The largest absolute Gasteiger partial charge is 0.507 e. The molecule has 0 atom stereocenters. The highest BCUT2D eigenvalue weighted by Gasteiger charge is 2.10. The molecule has 0 saturated heterocycles. The van der Waals surface area contributed by atoms with Crippen molar-refractivity contribution in [3.63, 3.8) is 0 Å². The monoisotopic (exact) mass is 321 g/mol. The normalized spacial score (nSPS) is 10.0. The predicted octanol–water partition coefficient (Wildman–Crippen LogP) is 3.42. The maximum Gasteiger partial charge on any atom is 0.255 e. The topological polar surface area (TPSA) is 58.6 Å². The molecule has 2 aromatic rings. The SMILES string of the molecule is COc1ccccc1NC(=O)c1ccc(Br)c(O)c1. The molecule has 2 N–H and O–H groups in total. The highest BCUT2D eigenvalue weighted by Crippen LogP contribution is 2.26. The quantitative estimate of drug-likeness (QED) is 0.910. The van der Waals surface area contributed by atoms with Gasteiger partial charge in [0, 0.05) is 5.56 Å². The van der Waals surface area contributed by atoms with E-state index in [4.69, 9.17) is 4.74 Å². The Bertz CT molecular complexity index is 613. The Labute approximate surface area is 119 Å². The van der Waals surface area contributed by atoms with Crippen LogP contribution in [0.15, 0.2) is 46.9 Å². The van der Waals surface area contributed by atoms with Crippen molar-refractivity contribution in [2.24, 2.45) is 0 Å². The lowest BCUT2D eigenvalue weighted by atomic mass is 10.2. The van der Waals surface area contributed by atoms with Gasteiger partial charge < -0.3 is 15.2 Å². The molecule has 0 aliphatic carbocycles. The second kappa shape index (κ2) is 5.75. The van der Waals surface area contributed by atoms with E-state index in [9.17, 15) is 9.90 Å². The van der Waals surface area contributed by atoms with Gasteiger partial charge in [-0.1, -0.05) is 12.1 Å². The molecule has 0 unspecified atom stereocenters. The first-order chi connectivity index (χ1) is 9.11. The maximum atomic E-state index is 12.1. The van der Waals surface area contributed by atoms with Crippen LogP contribution in [0.4, 0.5) is 5.69 Å². The van der Waals surface area contributed by atoms with Gasteiger partial charge in [-0.2, -0.15) is 0 Å². The van der Waals surface area contributed by atoms with Crippen LogP contribution in [-0.4, -0.2) is 18.1 Å². The van der Waals surface area contributed by atoms with E-state index in [2.05, 4.69) is 21.2 Å². The van der Waals surface area contributed by atoms with Crippen molar-refractivity contribution < 1.29 is 14.6 Å². The molecule has 2 aromatic carbocycles. The van der Waals surface area contributed by atoms with Gasteiger partial charge in [-0.25, -0.2) is 0 Å². The number of rotatable bonds is 3. The molecular formula is C14H12BrNO3. The number of anilines is 1. The van der Waals surface area contributed by atoms with Crippen LogP contribution in [0.25, 0.3) is 0 Å². The van der Waals surface area contributed by atoms with E-state index in [1.807, 2.05) is 6.07 Å². The first kappa shape index (κ1) is 13.4. The summed E-state index contributed by atoms with van der Waals surface area (Å²) >= 11 is 3.17. The van der Waals surface area contributed by atoms with Crippen molar-refractivity contribution in [3.8, 4) is 11.5 Å². The highest BCUT2D eigenvalue weighted by atomic mass is 79.9. The van der Waals surface area contributed by atoms with Crippen LogP contribution in [0.3, 0.4) is 0 Å². The van der Waals surface area contributed by atoms with Gasteiger partial charge in [-0.05, 0) is 46.3 Å². The number of amides is 1. The van der Waals surface area contributed by atoms with E-state index in [1.165, 1.54) is 13.2 Å².